The lowest BCUT2D eigenvalue weighted by atomic mass is 10.1. The van der Waals surface area contributed by atoms with Gasteiger partial charge in [-0.1, -0.05) is 53.4 Å². The van der Waals surface area contributed by atoms with Crippen molar-refractivity contribution < 1.29 is 17.4 Å². The van der Waals surface area contributed by atoms with Crippen LogP contribution in [0.15, 0.2) is 24.3 Å². The van der Waals surface area contributed by atoms with Crippen molar-refractivity contribution in [1.82, 2.24) is 10.0 Å². The molecule has 160 valence electrons. The summed E-state index contributed by atoms with van der Waals surface area (Å²) in [5, 5.41) is 2.88. The molecule has 0 bridgehead atoms. The van der Waals surface area contributed by atoms with Crippen LogP contribution < -0.4 is 14.2 Å². The summed E-state index contributed by atoms with van der Waals surface area (Å²) >= 11 is 0. The molecule has 1 aromatic rings. The number of carbonyl (C=O) groups excluding carboxylic acids is 1. The number of benzene rings is 1. The highest BCUT2D eigenvalue weighted by molar-refractivity contribution is 7.85. The van der Waals surface area contributed by atoms with Crippen LogP contribution in [0.25, 0.3) is 0 Å². The number of hydrogen-bond donors (Lipinski definition) is 2. The monoisotopic (exact) mass is 412 g/mol. The van der Waals surface area contributed by atoms with E-state index >= 15 is 0 Å². The van der Waals surface area contributed by atoms with Crippen molar-refractivity contribution in [3.8, 4) is 5.75 Å². The van der Waals surface area contributed by atoms with E-state index < -0.39 is 10.3 Å². The third-order valence-corrected chi connectivity index (χ3v) is 5.27. The van der Waals surface area contributed by atoms with Crippen molar-refractivity contribution in [3.05, 3.63) is 29.8 Å². The van der Waals surface area contributed by atoms with E-state index in [0.29, 0.717) is 30.5 Å². The first-order valence-corrected chi connectivity index (χ1v) is 11.7. The maximum absolute atomic E-state index is 12.1. The normalized spacial score (nSPS) is 11.8. The summed E-state index contributed by atoms with van der Waals surface area (Å²) in [4.78, 5) is 12.1. The minimum absolute atomic E-state index is 0.165. The van der Waals surface area contributed by atoms with Gasteiger partial charge in [0.15, 0.2) is 0 Å². The largest absolute Gasteiger partial charge is 0.382 e. The molecule has 0 spiro atoms. The Kier molecular flexibility index (Phi) is 11.2. The zero-order chi connectivity index (χ0) is 21.0. The Morgan fingerprint density at radius 3 is 1.96 bits per heavy atom. The van der Waals surface area contributed by atoms with Crippen molar-refractivity contribution in [1.29, 1.82) is 0 Å². The minimum atomic E-state index is -3.85. The second kappa shape index (κ2) is 12.8. The van der Waals surface area contributed by atoms with E-state index in [4.69, 9.17) is 4.18 Å². The fourth-order valence-electron chi connectivity index (χ4n) is 2.67. The minimum Gasteiger partial charge on any atom is -0.371 e. The molecule has 0 aromatic heterocycles. The zero-order valence-electron chi connectivity index (χ0n) is 17.7. The maximum atomic E-state index is 12.1. The highest BCUT2D eigenvalue weighted by atomic mass is 32.2. The van der Waals surface area contributed by atoms with E-state index in [2.05, 4.69) is 37.7 Å². The van der Waals surface area contributed by atoms with Crippen LogP contribution >= 0.6 is 0 Å². The summed E-state index contributed by atoms with van der Waals surface area (Å²) < 4.78 is 31.4. The lowest BCUT2D eigenvalue weighted by molar-refractivity contribution is 0.0953. The quantitative estimate of drug-likeness (QED) is 0.447. The van der Waals surface area contributed by atoms with Gasteiger partial charge in [-0.15, -0.1) is 0 Å². The molecule has 0 saturated heterocycles. The molecule has 28 heavy (non-hydrogen) atoms. The molecule has 0 aliphatic rings. The average molecular weight is 413 g/mol. The van der Waals surface area contributed by atoms with E-state index in [1.165, 1.54) is 12.1 Å². The molecule has 1 aromatic carbocycles. The number of unbranched alkanes of at least 4 members (excludes halogenated alkanes) is 2. The third-order valence-electron chi connectivity index (χ3n) is 4.30. The van der Waals surface area contributed by atoms with Crippen LogP contribution in [0.5, 0.6) is 5.75 Å². The Labute approximate surface area is 170 Å². The summed E-state index contributed by atoms with van der Waals surface area (Å²) in [6, 6.07) is 6.12. The lowest BCUT2D eigenvalue weighted by Gasteiger charge is -2.10. The molecule has 0 unspecified atom stereocenters. The fraction of sp³-hybridized carbons (Fsp3) is 0.667. The average Bonchev–Trinajstić information content (AvgIpc) is 2.60. The van der Waals surface area contributed by atoms with Crippen molar-refractivity contribution in [2.45, 2.75) is 66.2 Å². The fourth-order valence-corrected chi connectivity index (χ4v) is 3.49. The van der Waals surface area contributed by atoms with Crippen molar-refractivity contribution in [2.24, 2.45) is 11.8 Å². The van der Waals surface area contributed by atoms with Gasteiger partial charge in [0.1, 0.15) is 5.75 Å². The van der Waals surface area contributed by atoms with Crippen LogP contribution in [0.4, 0.5) is 0 Å². The molecule has 7 heteroatoms. The third kappa shape index (κ3) is 11.3. The van der Waals surface area contributed by atoms with Gasteiger partial charge >= 0.3 is 10.3 Å². The smallest absolute Gasteiger partial charge is 0.371 e. The van der Waals surface area contributed by atoms with E-state index in [9.17, 15) is 13.2 Å². The Morgan fingerprint density at radius 2 is 1.43 bits per heavy atom. The predicted octanol–water partition coefficient (Wildman–Crippen LogP) is 4.28. The van der Waals surface area contributed by atoms with Gasteiger partial charge in [-0.25, -0.2) is 0 Å². The molecule has 6 nitrogen and oxygen atoms in total. The maximum Gasteiger partial charge on any atom is 0.382 e. The van der Waals surface area contributed by atoms with Crippen LogP contribution in [0.2, 0.25) is 0 Å². The van der Waals surface area contributed by atoms with Crippen LogP contribution in [-0.2, 0) is 10.3 Å². The van der Waals surface area contributed by atoms with E-state index in [0.717, 1.165) is 38.5 Å². The number of rotatable bonds is 14. The molecule has 0 radical (unpaired) electrons. The van der Waals surface area contributed by atoms with Gasteiger partial charge < -0.3 is 9.50 Å². The molecule has 0 aliphatic carbocycles. The van der Waals surface area contributed by atoms with E-state index in [-0.39, 0.29) is 11.7 Å². The molecule has 1 rings (SSSR count). The highest BCUT2D eigenvalue weighted by Crippen LogP contribution is 2.14. The second-order valence-electron chi connectivity index (χ2n) is 7.99. The Bertz CT molecular complexity index is 670. The van der Waals surface area contributed by atoms with Crippen LogP contribution in [0.1, 0.15) is 76.6 Å². The first-order chi connectivity index (χ1) is 13.2. The highest BCUT2D eigenvalue weighted by Gasteiger charge is 2.12. The molecule has 2 N–H and O–H groups in total. The number of hydrogen-bond acceptors (Lipinski definition) is 4. The Hall–Kier alpha value is -1.60. The summed E-state index contributed by atoms with van der Waals surface area (Å²) in [6.07, 6.45) is 6.02. The van der Waals surface area contributed by atoms with Gasteiger partial charge in [0, 0.05) is 18.7 Å². The molecule has 0 fully saturated rings. The first kappa shape index (κ1) is 24.4. The van der Waals surface area contributed by atoms with Crippen LogP contribution in [0.3, 0.4) is 0 Å². The standard InChI is InChI=1S/C21H36N2O4S/c1-17(2)9-5-7-15-22-21(24)19-11-13-20(14-12-19)27-28(25,26)23-16-8-6-10-18(3)4/h11-14,17-18,23H,5-10,15-16H2,1-4H3,(H,22,24). The first-order valence-electron chi connectivity index (χ1n) is 10.3. The van der Waals surface area contributed by atoms with Gasteiger partial charge in [-0.2, -0.15) is 13.1 Å². The number of carbonyl (C=O) groups is 1. The summed E-state index contributed by atoms with van der Waals surface area (Å²) in [6.45, 7) is 9.65. The predicted molar refractivity (Wildman–Crippen MR) is 114 cm³/mol. The molecular weight excluding hydrogens is 376 g/mol. The van der Waals surface area contributed by atoms with E-state index in [1.807, 2.05) is 0 Å². The summed E-state index contributed by atoms with van der Waals surface area (Å²) in [7, 11) is -3.85. The summed E-state index contributed by atoms with van der Waals surface area (Å²) in [5.41, 5.74) is 0.482. The summed E-state index contributed by atoms with van der Waals surface area (Å²) in [5.74, 6) is 1.31. The molecule has 0 atom stereocenters. The zero-order valence-corrected chi connectivity index (χ0v) is 18.5. The van der Waals surface area contributed by atoms with Gasteiger partial charge in [-0.3, -0.25) is 4.79 Å². The van der Waals surface area contributed by atoms with Crippen molar-refractivity contribution in [2.75, 3.05) is 13.1 Å². The molecule has 0 heterocycles. The van der Waals surface area contributed by atoms with Gasteiger partial charge in [0.2, 0.25) is 0 Å². The molecule has 0 saturated carbocycles. The van der Waals surface area contributed by atoms with Crippen molar-refractivity contribution in [3.63, 3.8) is 0 Å². The molecule has 0 aliphatic heterocycles. The second-order valence-corrected chi connectivity index (χ2v) is 9.35. The number of amides is 1. The van der Waals surface area contributed by atoms with Crippen LogP contribution in [-0.4, -0.2) is 27.4 Å². The van der Waals surface area contributed by atoms with Gasteiger partial charge in [0.05, 0.1) is 0 Å². The number of nitrogens with one attached hydrogen (secondary N) is 2. The Balaban J connectivity index is 2.37. The van der Waals surface area contributed by atoms with Gasteiger partial charge in [0.25, 0.3) is 5.91 Å². The molecular formula is C21H36N2O4S. The van der Waals surface area contributed by atoms with Crippen molar-refractivity contribution >= 4 is 16.2 Å². The lowest BCUT2D eigenvalue weighted by Crippen LogP contribution is -2.29. The van der Waals surface area contributed by atoms with Gasteiger partial charge in [-0.05, 0) is 48.9 Å². The SMILES string of the molecule is CC(C)CCCCNC(=O)c1ccc(OS(=O)(=O)NCCCCC(C)C)cc1. The van der Waals surface area contributed by atoms with E-state index in [1.54, 1.807) is 12.1 Å². The Morgan fingerprint density at radius 1 is 0.893 bits per heavy atom. The molecule has 1 amide bonds. The van der Waals surface area contributed by atoms with Crippen LogP contribution in [0, 0.1) is 11.8 Å². The topological polar surface area (TPSA) is 84.5 Å².